The fraction of sp³-hybridized carbons (Fsp3) is 1.00. The molecule has 0 amide bonds. The first-order valence-corrected chi connectivity index (χ1v) is 8.91. The van der Waals surface area contributed by atoms with Crippen molar-refractivity contribution in [3.05, 3.63) is 0 Å². The third kappa shape index (κ3) is 18.4. The Labute approximate surface area is 95.1 Å². The molecule has 0 saturated heterocycles. The van der Waals surface area contributed by atoms with Crippen LogP contribution < -0.4 is 0 Å². The van der Waals surface area contributed by atoms with Crippen molar-refractivity contribution < 1.29 is 22.9 Å². The predicted molar refractivity (Wildman–Crippen MR) is 53.8 cm³/mol. The van der Waals surface area contributed by atoms with Crippen LogP contribution in [0.2, 0.25) is 8.35 Å². The van der Waals surface area contributed by atoms with Crippen LogP contribution in [0.5, 0.6) is 0 Å². The van der Waals surface area contributed by atoms with Crippen LogP contribution >= 0.6 is 24.8 Å². The summed E-state index contributed by atoms with van der Waals surface area (Å²) in [6.45, 7) is 9.36. The largest absolute Gasteiger partial charge is 0.147 e. The van der Waals surface area contributed by atoms with Gasteiger partial charge in [0.05, 0.1) is 0 Å². The molecule has 0 aromatic rings. The minimum absolute atomic E-state index is 0. The van der Waals surface area contributed by atoms with Gasteiger partial charge < -0.3 is 0 Å². The van der Waals surface area contributed by atoms with E-state index in [4.69, 9.17) is 0 Å². The summed E-state index contributed by atoms with van der Waals surface area (Å²) in [4.78, 5) is 0. The quantitative estimate of drug-likeness (QED) is 0.659. The zero-order chi connectivity index (χ0) is 7.28. The van der Waals surface area contributed by atoms with Gasteiger partial charge in [0.25, 0.3) is 0 Å². The smallest absolute Gasteiger partial charge is 0.147 e. The van der Waals surface area contributed by atoms with E-state index in [-0.39, 0.29) is 47.7 Å². The van der Waals surface area contributed by atoms with Gasteiger partial charge in [-0.05, 0) is 0 Å². The van der Waals surface area contributed by atoms with Crippen molar-refractivity contribution in [2.75, 3.05) is 0 Å². The van der Waals surface area contributed by atoms with Gasteiger partial charge in [-0.15, -0.1) is 24.8 Å². The van der Waals surface area contributed by atoms with Crippen LogP contribution in [0.4, 0.5) is 0 Å². The minimum atomic E-state index is -0.122. The van der Waals surface area contributed by atoms with Crippen molar-refractivity contribution >= 4 is 24.8 Å². The molecule has 0 rings (SSSR count). The number of hydrogen-bond acceptors (Lipinski definition) is 0. The number of hydrogen-bond donors (Lipinski definition) is 0. The van der Waals surface area contributed by atoms with Gasteiger partial charge in [-0.25, -0.2) is 0 Å². The fourth-order valence-corrected chi connectivity index (χ4v) is 5.41. The van der Waals surface area contributed by atoms with Crippen molar-refractivity contribution in [2.24, 2.45) is 11.8 Å². The summed E-state index contributed by atoms with van der Waals surface area (Å²) in [6, 6.07) is 0. The molecule has 0 atom stereocenters. The van der Waals surface area contributed by atoms with Gasteiger partial charge >= 0.3 is 70.8 Å². The van der Waals surface area contributed by atoms with Crippen molar-refractivity contribution in [2.45, 2.75) is 36.0 Å². The van der Waals surface area contributed by atoms with Crippen LogP contribution in [-0.4, -0.2) is 0 Å². The molecule has 0 fully saturated rings. The molecule has 3 heteroatoms. The average molecular weight is 366 g/mol. The predicted octanol–water partition coefficient (Wildman–Crippen LogP) is 4.06. The molecule has 0 aliphatic carbocycles. The van der Waals surface area contributed by atoms with E-state index < -0.39 is 0 Å². The maximum Gasteiger partial charge on any atom is -0.147 e. The van der Waals surface area contributed by atoms with E-state index >= 15 is 0 Å². The van der Waals surface area contributed by atoms with Crippen molar-refractivity contribution in [1.29, 1.82) is 0 Å². The molecule has 11 heavy (non-hydrogen) atoms. The van der Waals surface area contributed by atoms with Gasteiger partial charge in [-0.3, -0.25) is 0 Å². The number of halogens is 2. The van der Waals surface area contributed by atoms with Crippen LogP contribution in [0, 0.1) is 11.8 Å². The van der Waals surface area contributed by atoms with Gasteiger partial charge in [-0.1, -0.05) is 0 Å². The first-order chi connectivity index (χ1) is 4.13. The molecular weight excluding hydrogens is 345 g/mol. The van der Waals surface area contributed by atoms with E-state index in [2.05, 4.69) is 27.7 Å². The molecular formula is C8H20Cl2Hf. The molecule has 0 N–H and O–H groups in total. The Bertz CT molecular complexity index is 57.1. The second kappa shape index (κ2) is 11.5. The zero-order valence-corrected chi connectivity index (χ0v) is 13.1. The van der Waals surface area contributed by atoms with Crippen LogP contribution in [0.15, 0.2) is 0 Å². The monoisotopic (exact) mass is 366 g/mol. The standard InChI is InChI=1S/2C4H9.2ClH.Hf/c2*1-4(2)3;;;/h2*4H,1H2,2-3H3;2*1H;. The molecule has 0 aromatic carbocycles. The van der Waals surface area contributed by atoms with Gasteiger partial charge in [0.1, 0.15) is 0 Å². The molecule has 0 aliphatic heterocycles. The van der Waals surface area contributed by atoms with Crippen molar-refractivity contribution in [3.63, 3.8) is 0 Å². The van der Waals surface area contributed by atoms with Gasteiger partial charge in [-0.2, -0.15) is 0 Å². The fourth-order valence-electron chi connectivity index (χ4n) is 0.661. The third-order valence-electron chi connectivity index (χ3n) is 1.11. The van der Waals surface area contributed by atoms with Crippen LogP contribution in [0.25, 0.3) is 0 Å². The first kappa shape index (κ1) is 18.3. The Hall–Kier alpha value is 1.45. The second-order valence-corrected chi connectivity index (χ2v) is 8.18. The summed E-state index contributed by atoms with van der Waals surface area (Å²) < 4.78 is 3.19. The first-order valence-electron chi connectivity index (χ1n) is 3.83. The Morgan fingerprint density at radius 1 is 0.818 bits per heavy atom. The number of rotatable bonds is 4. The van der Waals surface area contributed by atoms with E-state index in [0.29, 0.717) is 0 Å². The summed E-state index contributed by atoms with van der Waals surface area (Å²) >= 11 is -0.122. The van der Waals surface area contributed by atoms with Gasteiger partial charge in [0.2, 0.25) is 0 Å². The molecule has 0 unspecified atom stereocenters. The summed E-state index contributed by atoms with van der Waals surface area (Å²) in [5.41, 5.74) is 0. The Kier molecular flexibility index (Phi) is 19.0. The third-order valence-corrected chi connectivity index (χ3v) is 9.05. The molecule has 0 spiro atoms. The van der Waals surface area contributed by atoms with Crippen molar-refractivity contribution in [1.82, 2.24) is 0 Å². The summed E-state index contributed by atoms with van der Waals surface area (Å²) in [7, 11) is 0. The Morgan fingerprint density at radius 3 is 1.27 bits per heavy atom. The molecule has 0 saturated carbocycles. The Morgan fingerprint density at radius 2 is 1.09 bits per heavy atom. The summed E-state index contributed by atoms with van der Waals surface area (Å²) in [5.74, 6) is 1.96. The summed E-state index contributed by atoms with van der Waals surface area (Å²) in [5, 5.41) is 0. The normalized spacial score (nSPS) is 8.91. The van der Waals surface area contributed by atoms with E-state index in [1.807, 2.05) is 0 Å². The molecule has 0 nitrogen and oxygen atoms in total. The zero-order valence-electron chi connectivity index (χ0n) is 7.89. The van der Waals surface area contributed by atoms with E-state index in [0.717, 1.165) is 11.8 Å². The molecule has 0 aliphatic rings. The van der Waals surface area contributed by atoms with Gasteiger partial charge in [0.15, 0.2) is 0 Å². The minimum Gasteiger partial charge on any atom is -0.147 e. The van der Waals surface area contributed by atoms with E-state index in [9.17, 15) is 0 Å². The van der Waals surface area contributed by atoms with Crippen LogP contribution in [0.3, 0.4) is 0 Å². The molecule has 0 radical (unpaired) electrons. The SMILES string of the molecule is CC(C)[CH2][Hf][CH2]C(C)C.Cl.Cl. The van der Waals surface area contributed by atoms with Crippen LogP contribution in [0.1, 0.15) is 27.7 Å². The maximum absolute atomic E-state index is 2.34. The molecule has 0 aromatic heterocycles. The van der Waals surface area contributed by atoms with Crippen LogP contribution in [-0.2, 0) is 22.9 Å². The van der Waals surface area contributed by atoms with E-state index in [1.54, 1.807) is 8.35 Å². The average Bonchev–Trinajstić information content (AvgIpc) is 1.63. The van der Waals surface area contributed by atoms with Gasteiger partial charge in [0, 0.05) is 0 Å². The summed E-state index contributed by atoms with van der Waals surface area (Å²) in [6.07, 6.45) is 0. The molecule has 70 valence electrons. The molecule has 0 heterocycles. The molecule has 0 bridgehead atoms. The topological polar surface area (TPSA) is 0 Å². The Balaban J connectivity index is -0.000000320. The second-order valence-electron chi connectivity index (χ2n) is 3.45. The van der Waals surface area contributed by atoms with E-state index in [1.165, 1.54) is 0 Å². The maximum atomic E-state index is 2.34. The van der Waals surface area contributed by atoms with Crippen molar-refractivity contribution in [3.8, 4) is 0 Å².